The molecule has 0 spiro atoms. The molecule has 2 aromatic rings. The molecular formula is C26H23NO5. The van der Waals surface area contributed by atoms with E-state index in [1.165, 1.54) is 4.90 Å². The lowest BCUT2D eigenvalue weighted by atomic mass is 9.63. The summed E-state index contributed by atoms with van der Waals surface area (Å²) in [4.78, 5) is 40.0. The second-order valence-electron chi connectivity index (χ2n) is 9.14. The number of hydrogen-bond donors (Lipinski definition) is 0. The number of nitrogens with zero attached hydrogens (tertiary/aromatic N) is 1. The normalized spacial score (nSPS) is 31.3. The number of esters is 1. The van der Waals surface area contributed by atoms with E-state index in [0.717, 1.165) is 12.0 Å². The summed E-state index contributed by atoms with van der Waals surface area (Å²) in [6.45, 7) is 0.107. The Kier molecular flexibility index (Phi) is 4.25. The van der Waals surface area contributed by atoms with Gasteiger partial charge in [-0.15, -0.1) is 0 Å². The minimum absolute atomic E-state index is 0.0663. The molecule has 0 radical (unpaired) electrons. The Morgan fingerprint density at radius 2 is 1.50 bits per heavy atom. The highest BCUT2D eigenvalue weighted by Gasteiger charge is 2.67. The fraction of sp³-hybridized carbons (Fsp3) is 0.346. The van der Waals surface area contributed by atoms with Crippen LogP contribution in [0.3, 0.4) is 0 Å². The first-order valence-electron chi connectivity index (χ1n) is 11.0. The first-order chi connectivity index (χ1) is 15.6. The summed E-state index contributed by atoms with van der Waals surface area (Å²) in [6.07, 6.45) is 5.50. The van der Waals surface area contributed by atoms with Gasteiger partial charge in [-0.05, 0) is 72.1 Å². The van der Waals surface area contributed by atoms with Crippen molar-refractivity contribution in [1.82, 2.24) is 0 Å². The van der Waals surface area contributed by atoms with E-state index in [4.69, 9.17) is 9.47 Å². The number of allylic oxidation sites excluding steroid dienone is 2. The third-order valence-electron chi connectivity index (χ3n) is 7.55. The lowest BCUT2D eigenvalue weighted by Crippen LogP contribution is -2.40. The van der Waals surface area contributed by atoms with Gasteiger partial charge < -0.3 is 9.47 Å². The molecule has 2 aromatic carbocycles. The predicted molar refractivity (Wildman–Crippen MR) is 116 cm³/mol. The molecule has 3 fully saturated rings. The van der Waals surface area contributed by atoms with Gasteiger partial charge in [0.25, 0.3) is 0 Å². The van der Waals surface area contributed by atoms with Crippen molar-refractivity contribution < 1.29 is 23.9 Å². The molecular weight excluding hydrogens is 406 g/mol. The van der Waals surface area contributed by atoms with Crippen molar-refractivity contribution >= 4 is 23.5 Å². The summed E-state index contributed by atoms with van der Waals surface area (Å²) < 4.78 is 10.5. The molecule has 6 heteroatoms. The molecule has 162 valence electrons. The van der Waals surface area contributed by atoms with Gasteiger partial charge in [0.2, 0.25) is 11.8 Å². The van der Waals surface area contributed by atoms with E-state index < -0.39 is 5.97 Å². The summed E-state index contributed by atoms with van der Waals surface area (Å²) in [5.74, 6) is 1.32. The molecule has 0 aromatic heterocycles. The molecule has 1 aliphatic heterocycles. The number of imide groups is 1. The number of rotatable bonds is 5. The fourth-order valence-corrected chi connectivity index (χ4v) is 5.91. The van der Waals surface area contributed by atoms with Crippen LogP contribution >= 0.6 is 0 Å². The maximum atomic E-state index is 13.2. The van der Waals surface area contributed by atoms with Crippen LogP contribution in [0, 0.1) is 35.5 Å². The number of methoxy groups -OCH3 is 1. The Labute approximate surface area is 185 Å². The van der Waals surface area contributed by atoms with Gasteiger partial charge in [-0.1, -0.05) is 24.3 Å². The zero-order chi connectivity index (χ0) is 22.0. The molecule has 4 unspecified atom stereocenters. The molecule has 7 rings (SSSR count). The Bertz CT molecular complexity index is 1100. The van der Waals surface area contributed by atoms with E-state index in [9.17, 15) is 14.4 Å². The molecule has 4 aliphatic carbocycles. The molecule has 0 N–H and O–H groups in total. The standard InChI is InChI=1S/C26H23NO5/c1-31-17-8-4-15(5-9-17)26(30)32-13-14-2-6-16(7-3-14)27-24(28)22-18-10-11-19(21-12-20(18)21)23(22)25(27)29/h2-11,18-23H,12-13H2,1H3/t18-,19?,20?,21-,22?,23?/m1/s1. The fourth-order valence-electron chi connectivity index (χ4n) is 5.91. The van der Waals surface area contributed by atoms with E-state index in [2.05, 4.69) is 12.2 Å². The van der Waals surface area contributed by atoms with Crippen molar-refractivity contribution in [1.29, 1.82) is 0 Å². The monoisotopic (exact) mass is 429 g/mol. The highest BCUT2D eigenvalue weighted by atomic mass is 16.5. The number of hydrogen-bond acceptors (Lipinski definition) is 5. The number of benzene rings is 2. The van der Waals surface area contributed by atoms with E-state index in [0.29, 0.717) is 28.8 Å². The van der Waals surface area contributed by atoms with Crippen molar-refractivity contribution in [3.05, 3.63) is 71.8 Å². The molecule has 6 nitrogen and oxygen atoms in total. The molecule has 2 bridgehead atoms. The quantitative estimate of drug-likeness (QED) is 0.413. The first kappa shape index (κ1) is 19.3. The van der Waals surface area contributed by atoms with E-state index in [-0.39, 0.29) is 42.1 Å². The van der Waals surface area contributed by atoms with Gasteiger partial charge in [0.05, 0.1) is 30.2 Å². The summed E-state index contributed by atoms with van der Waals surface area (Å²) in [5, 5.41) is 0. The number of ether oxygens (including phenoxy) is 2. The Balaban J connectivity index is 1.14. The second kappa shape index (κ2) is 7.05. The Morgan fingerprint density at radius 3 is 2.06 bits per heavy atom. The summed E-state index contributed by atoms with van der Waals surface area (Å²) >= 11 is 0. The lowest BCUT2D eigenvalue weighted by Gasteiger charge is -2.37. The van der Waals surface area contributed by atoms with Crippen LogP contribution in [-0.4, -0.2) is 24.9 Å². The smallest absolute Gasteiger partial charge is 0.338 e. The van der Waals surface area contributed by atoms with Gasteiger partial charge in [-0.3, -0.25) is 14.5 Å². The zero-order valence-electron chi connectivity index (χ0n) is 17.6. The Morgan fingerprint density at radius 1 is 0.906 bits per heavy atom. The Hall–Kier alpha value is -3.41. The van der Waals surface area contributed by atoms with Crippen LogP contribution in [-0.2, 0) is 20.9 Å². The number of amides is 2. The van der Waals surface area contributed by atoms with Crippen molar-refractivity contribution in [2.75, 3.05) is 12.0 Å². The van der Waals surface area contributed by atoms with Gasteiger partial charge >= 0.3 is 5.97 Å². The minimum Gasteiger partial charge on any atom is -0.497 e. The van der Waals surface area contributed by atoms with Crippen LogP contribution in [0.15, 0.2) is 60.7 Å². The van der Waals surface area contributed by atoms with Crippen LogP contribution in [0.25, 0.3) is 0 Å². The third kappa shape index (κ3) is 2.82. The van der Waals surface area contributed by atoms with E-state index in [1.807, 2.05) is 0 Å². The van der Waals surface area contributed by atoms with Crippen LogP contribution in [0.5, 0.6) is 5.75 Å². The van der Waals surface area contributed by atoms with Crippen LogP contribution < -0.4 is 9.64 Å². The van der Waals surface area contributed by atoms with Crippen molar-refractivity contribution in [2.24, 2.45) is 35.5 Å². The molecule has 1 heterocycles. The highest BCUT2D eigenvalue weighted by molar-refractivity contribution is 6.22. The highest BCUT2D eigenvalue weighted by Crippen LogP contribution is 2.65. The minimum atomic E-state index is -0.424. The summed E-state index contributed by atoms with van der Waals surface area (Å²) in [6, 6.07) is 13.8. The first-order valence-corrected chi connectivity index (χ1v) is 11.0. The maximum Gasteiger partial charge on any atom is 0.338 e. The number of carbonyl (C=O) groups is 3. The molecule has 5 aliphatic rings. The largest absolute Gasteiger partial charge is 0.497 e. The van der Waals surface area contributed by atoms with Gasteiger partial charge in [-0.2, -0.15) is 0 Å². The van der Waals surface area contributed by atoms with Crippen molar-refractivity contribution in [2.45, 2.75) is 13.0 Å². The average Bonchev–Trinajstić information content (AvgIpc) is 3.61. The second-order valence-corrected chi connectivity index (χ2v) is 9.14. The predicted octanol–water partition coefficient (Wildman–Crippen LogP) is 3.61. The zero-order valence-corrected chi connectivity index (χ0v) is 17.6. The van der Waals surface area contributed by atoms with Gasteiger partial charge in [0.1, 0.15) is 12.4 Å². The molecule has 2 saturated carbocycles. The van der Waals surface area contributed by atoms with E-state index in [1.54, 1.807) is 55.6 Å². The molecule has 1 saturated heterocycles. The third-order valence-corrected chi connectivity index (χ3v) is 7.55. The van der Waals surface area contributed by atoms with Crippen LogP contribution in [0.4, 0.5) is 5.69 Å². The van der Waals surface area contributed by atoms with E-state index >= 15 is 0 Å². The van der Waals surface area contributed by atoms with Gasteiger partial charge in [0.15, 0.2) is 0 Å². The lowest BCUT2D eigenvalue weighted by molar-refractivity contribution is -0.124. The summed E-state index contributed by atoms with van der Waals surface area (Å²) in [5.41, 5.74) is 1.82. The summed E-state index contributed by atoms with van der Waals surface area (Å²) in [7, 11) is 1.57. The SMILES string of the molecule is COc1ccc(C(=O)OCc2ccc(N3C(=O)C4C(C3=O)[C@@H]3C=CC4[C@H]4CC34)cc2)cc1. The maximum absolute atomic E-state index is 13.2. The van der Waals surface area contributed by atoms with Gasteiger partial charge in [-0.25, -0.2) is 4.79 Å². The number of carbonyl (C=O) groups excluding carboxylic acids is 3. The molecule has 2 amide bonds. The van der Waals surface area contributed by atoms with Crippen LogP contribution in [0.1, 0.15) is 22.3 Å². The van der Waals surface area contributed by atoms with Crippen molar-refractivity contribution in [3.63, 3.8) is 0 Å². The van der Waals surface area contributed by atoms with Crippen LogP contribution in [0.2, 0.25) is 0 Å². The average molecular weight is 429 g/mol. The molecule has 6 atom stereocenters. The van der Waals surface area contributed by atoms with Crippen molar-refractivity contribution in [3.8, 4) is 5.75 Å². The topological polar surface area (TPSA) is 72.9 Å². The molecule has 32 heavy (non-hydrogen) atoms. The van der Waals surface area contributed by atoms with Gasteiger partial charge in [0, 0.05) is 0 Å². The number of anilines is 1.